The van der Waals surface area contributed by atoms with Crippen LogP contribution in [-0.2, 0) is 0 Å². The number of carbonyl (C=O) groups excluding carboxylic acids is 1. The average Bonchev–Trinajstić information content (AvgIpc) is 2.49. The molecule has 2 aromatic carbocycles. The van der Waals surface area contributed by atoms with E-state index in [1.807, 2.05) is 60.7 Å². The van der Waals surface area contributed by atoms with E-state index >= 15 is 0 Å². The van der Waals surface area contributed by atoms with Gasteiger partial charge in [-0.2, -0.15) is 0 Å². The third kappa shape index (κ3) is 2.83. The number of benzene rings is 2. The van der Waals surface area contributed by atoms with Crippen LogP contribution in [0.25, 0.3) is 0 Å². The number of anilines is 2. The molecule has 0 unspecified atom stereocenters. The lowest BCUT2D eigenvalue weighted by Gasteiger charge is -2.26. The molecule has 3 nitrogen and oxygen atoms in total. The number of hydrogen-bond acceptors (Lipinski definition) is 1. The summed E-state index contributed by atoms with van der Waals surface area (Å²) in [5.74, 6) is 0. The molecule has 2 aromatic rings. The molecular weight excluding hydrogens is 236 g/mol. The van der Waals surface area contributed by atoms with Gasteiger partial charge in [0.05, 0.1) is 11.4 Å². The molecule has 19 heavy (non-hydrogen) atoms. The number of carbonyl (C=O) groups is 1. The Morgan fingerprint density at radius 2 is 1.37 bits per heavy atom. The second kappa shape index (κ2) is 5.87. The smallest absolute Gasteiger partial charge is 0.304 e. The first-order valence-electron chi connectivity index (χ1n) is 6.03. The Kier molecular flexibility index (Phi) is 3.98. The molecule has 0 spiro atoms. The molecule has 0 heterocycles. The van der Waals surface area contributed by atoms with Gasteiger partial charge in [0.25, 0.3) is 0 Å². The van der Waals surface area contributed by atoms with E-state index in [0.29, 0.717) is 0 Å². The molecule has 2 amide bonds. The van der Waals surface area contributed by atoms with E-state index in [1.54, 1.807) is 11.9 Å². The second-order valence-corrected chi connectivity index (χ2v) is 4.08. The van der Waals surface area contributed by atoms with Crippen molar-refractivity contribution in [1.29, 1.82) is 0 Å². The number of amides is 2. The van der Waals surface area contributed by atoms with Crippen molar-refractivity contribution in [3.8, 4) is 0 Å². The molecule has 0 bridgehead atoms. The van der Waals surface area contributed by atoms with E-state index in [-0.39, 0.29) is 6.03 Å². The summed E-state index contributed by atoms with van der Waals surface area (Å²) < 4.78 is 0. The molecule has 2 rings (SSSR count). The molecule has 0 N–H and O–H groups in total. The molecule has 96 valence electrons. The topological polar surface area (TPSA) is 23.6 Å². The van der Waals surface area contributed by atoms with E-state index in [0.717, 1.165) is 11.4 Å². The second-order valence-electron chi connectivity index (χ2n) is 4.08. The number of para-hydroxylation sites is 2. The SMILES string of the molecule is C=CN(C)C(=O)N(c1ccccc1)c1ccccc1. The summed E-state index contributed by atoms with van der Waals surface area (Å²) in [4.78, 5) is 15.6. The van der Waals surface area contributed by atoms with Gasteiger partial charge in [-0.15, -0.1) is 0 Å². The first kappa shape index (κ1) is 12.9. The fourth-order valence-electron chi connectivity index (χ4n) is 1.76. The fourth-order valence-corrected chi connectivity index (χ4v) is 1.76. The Balaban J connectivity index is 2.46. The molecule has 0 saturated heterocycles. The van der Waals surface area contributed by atoms with Gasteiger partial charge in [0, 0.05) is 13.2 Å². The Hall–Kier alpha value is -2.55. The fraction of sp³-hybridized carbons (Fsp3) is 0.0625. The summed E-state index contributed by atoms with van der Waals surface area (Å²) in [5.41, 5.74) is 1.65. The predicted molar refractivity (Wildman–Crippen MR) is 78.4 cm³/mol. The molecule has 0 atom stereocenters. The molecule has 0 aliphatic heterocycles. The molecular formula is C16H16N2O. The van der Waals surface area contributed by atoms with Crippen LogP contribution in [0.5, 0.6) is 0 Å². The van der Waals surface area contributed by atoms with Crippen LogP contribution in [0.4, 0.5) is 16.2 Å². The highest BCUT2D eigenvalue weighted by Gasteiger charge is 2.19. The third-order valence-electron chi connectivity index (χ3n) is 2.80. The molecule has 0 aliphatic rings. The van der Waals surface area contributed by atoms with Crippen LogP contribution in [-0.4, -0.2) is 18.0 Å². The Morgan fingerprint density at radius 1 is 0.947 bits per heavy atom. The molecule has 0 aromatic heterocycles. The Labute approximate surface area is 113 Å². The van der Waals surface area contributed by atoms with Crippen molar-refractivity contribution in [3.63, 3.8) is 0 Å². The zero-order valence-electron chi connectivity index (χ0n) is 10.9. The van der Waals surface area contributed by atoms with Crippen LogP contribution < -0.4 is 4.90 Å². The van der Waals surface area contributed by atoms with Crippen LogP contribution in [0, 0.1) is 0 Å². The number of nitrogens with zero attached hydrogens (tertiary/aromatic N) is 2. The van der Waals surface area contributed by atoms with Crippen LogP contribution >= 0.6 is 0 Å². The zero-order valence-corrected chi connectivity index (χ0v) is 10.9. The largest absolute Gasteiger partial charge is 0.332 e. The van der Waals surface area contributed by atoms with Gasteiger partial charge in [-0.05, 0) is 24.3 Å². The lowest BCUT2D eigenvalue weighted by atomic mass is 10.2. The summed E-state index contributed by atoms with van der Waals surface area (Å²) in [5, 5.41) is 0. The lowest BCUT2D eigenvalue weighted by Crippen LogP contribution is -2.35. The standard InChI is InChI=1S/C16H16N2O/c1-3-17(2)16(19)18(14-10-6-4-7-11-14)15-12-8-5-9-13-15/h3-13H,1H2,2H3. The van der Waals surface area contributed by atoms with Gasteiger partial charge >= 0.3 is 6.03 Å². The van der Waals surface area contributed by atoms with E-state index in [2.05, 4.69) is 6.58 Å². The zero-order chi connectivity index (χ0) is 13.7. The van der Waals surface area contributed by atoms with Gasteiger partial charge in [-0.3, -0.25) is 4.90 Å². The van der Waals surface area contributed by atoms with Gasteiger partial charge in [-0.1, -0.05) is 43.0 Å². The number of urea groups is 1. The minimum Gasteiger partial charge on any atom is -0.304 e. The van der Waals surface area contributed by atoms with Crippen LogP contribution in [0.1, 0.15) is 0 Å². The van der Waals surface area contributed by atoms with Gasteiger partial charge in [0.2, 0.25) is 0 Å². The van der Waals surface area contributed by atoms with Crippen molar-refractivity contribution in [1.82, 2.24) is 4.90 Å². The predicted octanol–water partition coefficient (Wildman–Crippen LogP) is 4.02. The normalized spacial score (nSPS) is 9.74. The maximum atomic E-state index is 12.5. The van der Waals surface area contributed by atoms with E-state index in [4.69, 9.17) is 0 Å². The summed E-state index contributed by atoms with van der Waals surface area (Å²) in [6.07, 6.45) is 1.50. The summed E-state index contributed by atoms with van der Waals surface area (Å²) in [7, 11) is 1.69. The molecule has 3 heteroatoms. The molecule has 0 radical (unpaired) electrons. The van der Waals surface area contributed by atoms with Crippen molar-refractivity contribution >= 4 is 17.4 Å². The van der Waals surface area contributed by atoms with Crippen LogP contribution in [0.3, 0.4) is 0 Å². The summed E-state index contributed by atoms with van der Waals surface area (Å²) >= 11 is 0. The van der Waals surface area contributed by atoms with E-state index in [9.17, 15) is 4.79 Å². The minimum atomic E-state index is -0.146. The molecule has 0 aliphatic carbocycles. The lowest BCUT2D eigenvalue weighted by molar-refractivity contribution is 0.231. The first-order chi connectivity index (χ1) is 9.24. The Morgan fingerprint density at radius 3 is 1.74 bits per heavy atom. The van der Waals surface area contributed by atoms with E-state index < -0.39 is 0 Å². The molecule has 0 saturated carbocycles. The number of hydrogen-bond donors (Lipinski definition) is 0. The Bertz CT molecular complexity index is 512. The van der Waals surface area contributed by atoms with Crippen molar-refractivity contribution in [2.45, 2.75) is 0 Å². The van der Waals surface area contributed by atoms with E-state index in [1.165, 1.54) is 11.1 Å². The highest BCUT2D eigenvalue weighted by Crippen LogP contribution is 2.26. The minimum absolute atomic E-state index is 0.146. The van der Waals surface area contributed by atoms with Crippen molar-refractivity contribution < 1.29 is 4.79 Å². The van der Waals surface area contributed by atoms with Gasteiger partial charge < -0.3 is 4.90 Å². The van der Waals surface area contributed by atoms with Crippen molar-refractivity contribution in [2.24, 2.45) is 0 Å². The highest BCUT2D eigenvalue weighted by atomic mass is 16.2. The maximum absolute atomic E-state index is 12.5. The monoisotopic (exact) mass is 252 g/mol. The van der Waals surface area contributed by atoms with Crippen molar-refractivity contribution in [3.05, 3.63) is 73.4 Å². The average molecular weight is 252 g/mol. The van der Waals surface area contributed by atoms with Crippen molar-refractivity contribution in [2.75, 3.05) is 11.9 Å². The quantitative estimate of drug-likeness (QED) is 0.809. The summed E-state index contributed by atoms with van der Waals surface area (Å²) in [6, 6.07) is 19.0. The number of rotatable bonds is 3. The van der Waals surface area contributed by atoms with Gasteiger partial charge in [0.15, 0.2) is 0 Å². The first-order valence-corrected chi connectivity index (χ1v) is 6.03. The van der Waals surface area contributed by atoms with Crippen LogP contribution in [0.15, 0.2) is 73.4 Å². The maximum Gasteiger partial charge on any atom is 0.332 e. The summed E-state index contributed by atoms with van der Waals surface area (Å²) in [6.45, 7) is 3.63. The van der Waals surface area contributed by atoms with Crippen LogP contribution in [0.2, 0.25) is 0 Å². The molecule has 0 fully saturated rings. The van der Waals surface area contributed by atoms with Gasteiger partial charge in [0.1, 0.15) is 0 Å². The highest BCUT2D eigenvalue weighted by molar-refractivity contribution is 5.99. The third-order valence-corrected chi connectivity index (χ3v) is 2.80. The van der Waals surface area contributed by atoms with Gasteiger partial charge in [-0.25, -0.2) is 4.79 Å².